The molecule has 0 N–H and O–H groups in total. The number of fused-ring (bicyclic) bond motifs is 1. The van der Waals surface area contributed by atoms with Gasteiger partial charge in [-0.15, -0.1) is 0 Å². The van der Waals surface area contributed by atoms with E-state index in [0.29, 0.717) is 24.6 Å². The first-order chi connectivity index (χ1) is 15.4. The highest BCUT2D eigenvalue weighted by molar-refractivity contribution is 5.97. The second-order valence-electron chi connectivity index (χ2n) is 7.86. The second-order valence-corrected chi connectivity index (χ2v) is 7.86. The van der Waals surface area contributed by atoms with Crippen LogP contribution in [0.1, 0.15) is 54.1 Å². The molecule has 172 valence electrons. The van der Waals surface area contributed by atoms with Gasteiger partial charge in [0.25, 0.3) is 0 Å². The molecule has 0 aliphatic rings. The minimum Gasteiger partial charge on any atom is -0.464 e. The van der Waals surface area contributed by atoms with Crippen LogP contribution < -0.4 is 4.74 Å². The molecular formula is C25H32N2O5. The van der Waals surface area contributed by atoms with Gasteiger partial charge in [0.1, 0.15) is 11.3 Å². The minimum atomic E-state index is -0.427. The molecule has 3 aromatic rings. The van der Waals surface area contributed by atoms with Gasteiger partial charge in [0.05, 0.1) is 11.6 Å². The average molecular weight is 441 g/mol. The first-order valence-corrected chi connectivity index (χ1v) is 10.9. The molecule has 0 saturated heterocycles. The monoisotopic (exact) mass is 440 g/mol. The first kappa shape index (κ1) is 23.9. The molecule has 1 atom stereocenters. The molecule has 0 radical (unpaired) electrons. The molecule has 7 heteroatoms. The van der Waals surface area contributed by atoms with Crippen molar-refractivity contribution < 1.29 is 23.4 Å². The predicted octanol–water partition coefficient (Wildman–Crippen LogP) is 5.52. The summed E-state index contributed by atoms with van der Waals surface area (Å²) in [5, 5.41) is 0.852. The van der Waals surface area contributed by atoms with Crippen LogP contribution in [-0.4, -0.2) is 49.9 Å². The van der Waals surface area contributed by atoms with Gasteiger partial charge in [-0.1, -0.05) is 13.8 Å². The van der Waals surface area contributed by atoms with E-state index < -0.39 is 6.41 Å². The van der Waals surface area contributed by atoms with Gasteiger partial charge in [0.15, 0.2) is 5.78 Å². The van der Waals surface area contributed by atoms with Crippen molar-refractivity contribution in [3.63, 3.8) is 0 Å². The van der Waals surface area contributed by atoms with Crippen LogP contribution in [-0.2, 0) is 9.47 Å². The van der Waals surface area contributed by atoms with E-state index in [4.69, 9.17) is 18.6 Å². The van der Waals surface area contributed by atoms with Crippen LogP contribution in [0.2, 0.25) is 0 Å². The number of rotatable bonds is 11. The Morgan fingerprint density at radius 2 is 1.94 bits per heavy atom. The average Bonchev–Trinajstić information content (AvgIpc) is 3.23. The lowest BCUT2D eigenvalue weighted by Crippen LogP contribution is -2.37. The number of methoxy groups -OCH3 is 2. The fourth-order valence-corrected chi connectivity index (χ4v) is 4.01. The molecule has 32 heavy (non-hydrogen) atoms. The summed E-state index contributed by atoms with van der Waals surface area (Å²) >= 11 is 0. The highest BCUT2D eigenvalue weighted by Gasteiger charge is 2.24. The number of aromatic nitrogens is 1. The molecule has 0 aliphatic heterocycles. The molecule has 0 spiro atoms. The normalized spacial score (nSPS) is 12.6. The maximum absolute atomic E-state index is 12.1. The zero-order valence-corrected chi connectivity index (χ0v) is 19.7. The summed E-state index contributed by atoms with van der Waals surface area (Å²) in [5.41, 5.74) is 3.34. The summed E-state index contributed by atoms with van der Waals surface area (Å²) in [4.78, 5) is 18.6. The molecule has 2 aromatic heterocycles. The quantitative estimate of drug-likeness (QED) is 0.287. The molecule has 0 amide bonds. The van der Waals surface area contributed by atoms with Crippen LogP contribution in [0.25, 0.3) is 11.0 Å². The van der Waals surface area contributed by atoms with E-state index >= 15 is 0 Å². The number of ether oxygens (including phenoxy) is 3. The number of benzene rings is 1. The van der Waals surface area contributed by atoms with Crippen LogP contribution in [0.5, 0.6) is 11.6 Å². The van der Waals surface area contributed by atoms with E-state index in [-0.39, 0.29) is 11.7 Å². The van der Waals surface area contributed by atoms with Gasteiger partial charge in [-0.2, -0.15) is 0 Å². The SMILES string of the molecule is CCC(=O)c1ccc(Oc2nccc3occ(C(CC)CN(C)C(OC)OC)c23)cc1C. The molecule has 0 fully saturated rings. The van der Waals surface area contributed by atoms with Gasteiger partial charge >= 0.3 is 0 Å². The summed E-state index contributed by atoms with van der Waals surface area (Å²) in [6.07, 6.45) is 4.39. The van der Waals surface area contributed by atoms with Gasteiger partial charge in [-0.05, 0) is 44.2 Å². The molecule has 7 nitrogen and oxygen atoms in total. The molecule has 1 aromatic carbocycles. The largest absolute Gasteiger partial charge is 0.464 e. The lowest BCUT2D eigenvalue weighted by molar-refractivity contribution is -0.188. The standard InChI is InChI=1S/C25H32N2O5/c1-7-17(14-27(4)25(29-5)30-6)20-15-31-22-11-12-26-24(23(20)22)32-18-9-10-19(16(3)13-18)21(28)8-2/h9-13,15,17,25H,7-8,14H2,1-6H3. The summed E-state index contributed by atoms with van der Waals surface area (Å²) < 4.78 is 22.8. The number of furan rings is 1. The number of aryl methyl sites for hydroxylation is 1. The van der Waals surface area contributed by atoms with Crippen LogP contribution in [0, 0.1) is 6.92 Å². The highest BCUT2D eigenvalue weighted by atomic mass is 16.7. The summed E-state index contributed by atoms with van der Waals surface area (Å²) in [6.45, 7) is 6.62. The van der Waals surface area contributed by atoms with Gasteiger partial charge in [0.2, 0.25) is 12.3 Å². The number of hydrogen-bond acceptors (Lipinski definition) is 7. The van der Waals surface area contributed by atoms with Gasteiger partial charge in [0, 0.05) is 56.5 Å². The van der Waals surface area contributed by atoms with Crippen molar-refractivity contribution in [2.24, 2.45) is 0 Å². The predicted molar refractivity (Wildman–Crippen MR) is 123 cm³/mol. The van der Waals surface area contributed by atoms with E-state index in [1.807, 2.05) is 50.1 Å². The molecule has 0 bridgehead atoms. The fraction of sp³-hybridized carbons (Fsp3) is 0.440. The fourth-order valence-electron chi connectivity index (χ4n) is 4.01. The molecule has 2 heterocycles. The van der Waals surface area contributed by atoms with Crippen molar-refractivity contribution in [3.8, 4) is 11.6 Å². The third-order valence-corrected chi connectivity index (χ3v) is 5.72. The van der Waals surface area contributed by atoms with Crippen molar-refractivity contribution >= 4 is 16.8 Å². The Morgan fingerprint density at radius 3 is 2.56 bits per heavy atom. The van der Waals surface area contributed by atoms with Crippen LogP contribution >= 0.6 is 0 Å². The van der Waals surface area contributed by atoms with Crippen molar-refractivity contribution in [1.82, 2.24) is 9.88 Å². The molecule has 0 saturated carbocycles. The molecule has 3 rings (SSSR count). The van der Waals surface area contributed by atoms with E-state index in [1.54, 1.807) is 26.7 Å². The van der Waals surface area contributed by atoms with E-state index in [9.17, 15) is 4.79 Å². The van der Waals surface area contributed by atoms with Crippen molar-refractivity contribution in [3.05, 3.63) is 53.4 Å². The molecule has 0 aliphatic carbocycles. The zero-order chi connectivity index (χ0) is 23.3. The van der Waals surface area contributed by atoms with Crippen molar-refractivity contribution in [1.29, 1.82) is 0 Å². The van der Waals surface area contributed by atoms with Crippen molar-refractivity contribution in [2.75, 3.05) is 27.8 Å². The second kappa shape index (κ2) is 10.7. The van der Waals surface area contributed by atoms with Crippen molar-refractivity contribution in [2.45, 2.75) is 45.9 Å². The van der Waals surface area contributed by atoms with Crippen LogP contribution in [0.4, 0.5) is 0 Å². The number of Topliss-reactive ketones (excluding diaryl/α,β-unsaturated/α-hetero) is 1. The number of carbonyl (C=O) groups is 1. The minimum absolute atomic E-state index is 0.117. The maximum Gasteiger partial charge on any atom is 0.230 e. The lowest BCUT2D eigenvalue weighted by atomic mass is 9.96. The summed E-state index contributed by atoms with van der Waals surface area (Å²) in [6, 6.07) is 7.33. The molecule has 1 unspecified atom stereocenters. The Balaban J connectivity index is 1.94. The molecular weight excluding hydrogens is 408 g/mol. The van der Waals surface area contributed by atoms with E-state index in [1.165, 1.54) is 0 Å². The third-order valence-electron chi connectivity index (χ3n) is 5.72. The number of likely N-dealkylation sites (N-methyl/N-ethyl adjacent to an activating group) is 1. The number of carbonyl (C=O) groups excluding carboxylic acids is 1. The number of hydrogen-bond donors (Lipinski definition) is 0. The van der Waals surface area contributed by atoms with Crippen LogP contribution in [0.3, 0.4) is 0 Å². The lowest BCUT2D eigenvalue weighted by Gasteiger charge is -2.28. The van der Waals surface area contributed by atoms with Gasteiger partial charge in [-0.25, -0.2) is 4.98 Å². The van der Waals surface area contributed by atoms with Gasteiger partial charge < -0.3 is 18.6 Å². The smallest absolute Gasteiger partial charge is 0.230 e. The Bertz CT molecular complexity index is 1060. The van der Waals surface area contributed by atoms with E-state index in [0.717, 1.165) is 34.1 Å². The number of pyridine rings is 1. The highest BCUT2D eigenvalue weighted by Crippen LogP contribution is 2.37. The number of nitrogens with zero attached hydrogens (tertiary/aromatic N) is 2. The van der Waals surface area contributed by atoms with E-state index in [2.05, 4.69) is 11.9 Å². The number of ketones is 1. The summed E-state index contributed by atoms with van der Waals surface area (Å²) in [5.74, 6) is 1.39. The maximum atomic E-state index is 12.1. The van der Waals surface area contributed by atoms with Gasteiger partial charge in [-0.3, -0.25) is 9.69 Å². The zero-order valence-electron chi connectivity index (χ0n) is 19.7. The summed E-state index contributed by atoms with van der Waals surface area (Å²) in [7, 11) is 5.20. The topological polar surface area (TPSA) is 74.0 Å². The Hall–Kier alpha value is -2.74. The Morgan fingerprint density at radius 1 is 1.19 bits per heavy atom. The Labute approximate surface area is 189 Å². The first-order valence-electron chi connectivity index (χ1n) is 10.9. The third kappa shape index (κ3) is 5.01. The van der Waals surface area contributed by atoms with Crippen LogP contribution in [0.15, 0.2) is 41.1 Å². The Kier molecular flexibility index (Phi) is 8.01.